The van der Waals surface area contributed by atoms with Crippen LogP contribution in [0.2, 0.25) is 0 Å². The Hall–Kier alpha value is -7.56. The van der Waals surface area contributed by atoms with Gasteiger partial charge in [0.1, 0.15) is 0 Å². The molecule has 7 aromatic carbocycles. The normalized spacial score (nSPS) is 13.0. The zero-order valence-electron chi connectivity index (χ0n) is 30.8. The first-order chi connectivity index (χ1) is 28.2. The van der Waals surface area contributed by atoms with Crippen molar-refractivity contribution in [2.75, 3.05) is 0 Å². The Balaban J connectivity index is 1.03. The molecule has 0 spiro atoms. The van der Waals surface area contributed by atoms with Crippen molar-refractivity contribution in [1.29, 1.82) is 0 Å². The van der Waals surface area contributed by atoms with Crippen LogP contribution in [0.3, 0.4) is 0 Å². The van der Waals surface area contributed by atoms with Gasteiger partial charge in [0.2, 0.25) is 0 Å². The average Bonchev–Trinajstić information content (AvgIpc) is 3.58. The van der Waals surface area contributed by atoms with Crippen LogP contribution in [0.15, 0.2) is 206 Å². The minimum atomic E-state index is -0.545. The number of ether oxygens (including phenoxy) is 2. The standard InChI is InChI=1S/C53H34N2O2/c1-4-16-35(17-5-1)38-31-47(55-48(32-38)46-27-12-13-29-54-46)37-19-14-18-36(30-37)41-25-15-28-49-52(41)57-51-34-45-43(33-50(51)56-49)42-24-10-11-26-44(42)53(45,39-20-6-2-7-21-39)40-22-8-3-9-23-40/h1-34H. The van der Waals surface area contributed by atoms with Gasteiger partial charge in [-0.3, -0.25) is 4.98 Å². The van der Waals surface area contributed by atoms with Crippen LogP contribution in [0.25, 0.3) is 56.0 Å². The van der Waals surface area contributed by atoms with E-state index >= 15 is 0 Å². The molecule has 4 nitrogen and oxygen atoms in total. The van der Waals surface area contributed by atoms with Crippen LogP contribution in [-0.4, -0.2) is 9.97 Å². The largest absolute Gasteiger partial charge is 0.449 e. The van der Waals surface area contributed by atoms with Gasteiger partial charge in [0.15, 0.2) is 23.0 Å². The van der Waals surface area contributed by atoms with Crippen LogP contribution in [0.5, 0.6) is 23.0 Å². The summed E-state index contributed by atoms with van der Waals surface area (Å²) < 4.78 is 13.8. The highest BCUT2D eigenvalue weighted by molar-refractivity contribution is 5.89. The summed E-state index contributed by atoms with van der Waals surface area (Å²) in [6.45, 7) is 0. The minimum absolute atomic E-state index is 0.545. The number of hydrogen-bond donors (Lipinski definition) is 0. The van der Waals surface area contributed by atoms with Gasteiger partial charge in [0.25, 0.3) is 0 Å². The lowest BCUT2D eigenvalue weighted by Gasteiger charge is -2.34. The van der Waals surface area contributed by atoms with Crippen molar-refractivity contribution >= 4 is 0 Å². The van der Waals surface area contributed by atoms with E-state index in [4.69, 9.17) is 14.5 Å². The lowest BCUT2D eigenvalue weighted by atomic mass is 9.67. The van der Waals surface area contributed by atoms with Crippen LogP contribution in [0, 0.1) is 0 Å². The molecule has 2 aliphatic rings. The molecule has 0 unspecified atom stereocenters. The summed E-state index contributed by atoms with van der Waals surface area (Å²) in [4.78, 5) is 9.78. The predicted octanol–water partition coefficient (Wildman–Crippen LogP) is 13.4. The molecule has 9 aromatic rings. The highest BCUT2D eigenvalue weighted by Gasteiger charge is 2.47. The van der Waals surface area contributed by atoms with E-state index < -0.39 is 5.41 Å². The second kappa shape index (κ2) is 13.3. The second-order valence-corrected chi connectivity index (χ2v) is 14.5. The number of pyridine rings is 2. The van der Waals surface area contributed by atoms with Crippen LogP contribution < -0.4 is 9.47 Å². The highest BCUT2D eigenvalue weighted by Crippen LogP contribution is 2.60. The van der Waals surface area contributed by atoms with Crippen molar-refractivity contribution in [3.05, 3.63) is 229 Å². The quantitative estimate of drug-likeness (QED) is 0.171. The fourth-order valence-corrected chi connectivity index (χ4v) is 8.73. The number of aromatic nitrogens is 2. The Bertz CT molecular complexity index is 2850. The van der Waals surface area contributed by atoms with Crippen molar-refractivity contribution in [3.8, 4) is 79.0 Å². The first-order valence-corrected chi connectivity index (χ1v) is 19.2. The molecule has 2 aromatic heterocycles. The van der Waals surface area contributed by atoms with Crippen molar-refractivity contribution in [2.45, 2.75) is 5.41 Å². The molecule has 0 bridgehead atoms. The maximum atomic E-state index is 7.00. The van der Waals surface area contributed by atoms with Crippen LogP contribution in [-0.2, 0) is 5.41 Å². The van der Waals surface area contributed by atoms with Crippen molar-refractivity contribution in [3.63, 3.8) is 0 Å². The van der Waals surface area contributed by atoms with Crippen molar-refractivity contribution in [1.82, 2.24) is 9.97 Å². The van der Waals surface area contributed by atoms with E-state index in [9.17, 15) is 0 Å². The number of hydrogen-bond acceptors (Lipinski definition) is 4. The monoisotopic (exact) mass is 730 g/mol. The molecule has 3 heterocycles. The predicted molar refractivity (Wildman–Crippen MR) is 228 cm³/mol. The maximum Gasteiger partial charge on any atom is 0.177 e. The van der Waals surface area contributed by atoms with Gasteiger partial charge in [-0.15, -0.1) is 0 Å². The number of benzene rings is 7. The Kier molecular flexibility index (Phi) is 7.68. The third-order valence-electron chi connectivity index (χ3n) is 11.3. The minimum Gasteiger partial charge on any atom is -0.449 e. The molecule has 0 radical (unpaired) electrons. The number of para-hydroxylation sites is 1. The molecule has 268 valence electrons. The van der Waals surface area contributed by atoms with Gasteiger partial charge in [-0.05, 0) is 98.6 Å². The molecule has 0 N–H and O–H groups in total. The van der Waals surface area contributed by atoms with Crippen LogP contribution >= 0.6 is 0 Å². The molecule has 4 heteroatoms. The Labute approximate surface area is 331 Å². The van der Waals surface area contributed by atoms with E-state index in [0.717, 1.165) is 50.5 Å². The Morgan fingerprint density at radius 1 is 0.351 bits per heavy atom. The summed E-state index contributed by atoms with van der Waals surface area (Å²) >= 11 is 0. The summed E-state index contributed by atoms with van der Waals surface area (Å²) in [5, 5.41) is 0. The van der Waals surface area contributed by atoms with Gasteiger partial charge in [-0.25, -0.2) is 4.98 Å². The van der Waals surface area contributed by atoms with E-state index in [1.807, 2.05) is 42.6 Å². The topological polar surface area (TPSA) is 44.2 Å². The molecule has 0 saturated heterocycles. The van der Waals surface area contributed by atoms with Crippen LogP contribution in [0.4, 0.5) is 0 Å². The van der Waals surface area contributed by atoms with E-state index in [0.29, 0.717) is 23.0 Å². The molecule has 0 atom stereocenters. The van der Waals surface area contributed by atoms with E-state index in [1.54, 1.807) is 0 Å². The summed E-state index contributed by atoms with van der Waals surface area (Å²) in [6.07, 6.45) is 1.81. The van der Waals surface area contributed by atoms with Crippen molar-refractivity contribution in [2.24, 2.45) is 0 Å². The molecule has 1 aliphatic heterocycles. The first kappa shape index (κ1) is 32.8. The fraction of sp³-hybridized carbons (Fsp3) is 0.0189. The zero-order chi connectivity index (χ0) is 37.8. The van der Waals surface area contributed by atoms with Gasteiger partial charge < -0.3 is 9.47 Å². The lowest BCUT2D eigenvalue weighted by Crippen LogP contribution is -2.28. The van der Waals surface area contributed by atoms with Gasteiger partial charge in [-0.2, -0.15) is 0 Å². The second-order valence-electron chi connectivity index (χ2n) is 14.5. The van der Waals surface area contributed by atoms with Gasteiger partial charge in [0.05, 0.1) is 22.5 Å². The van der Waals surface area contributed by atoms with Crippen molar-refractivity contribution < 1.29 is 9.47 Å². The summed E-state index contributed by atoms with van der Waals surface area (Å²) in [6, 6.07) is 69.9. The molecule has 0 saturated carbocycles. The van der Waals surface area contributed by atoms with Crippen LogP contribution in [0.1, 0.15) is 22.3 Å². The van der Waals surface area contributed by atoms with E-state index in [2.05, 4.69) is 169 Å². The Morgan fingerprint density at radius 2 is 0.982 bits per heavy atom. The van der Waals surface area contributed by atoms with Gasteiger partial charge in [-0.1, -0.05) is 152 Å². The lowest BCUT2D eigenvalue weighted by molar-refractivity contribution is 0.360. The maximum absolute atomic E-state index is 7.00. The molecule has 1 aliphatic carbocycles. The molecular weight excluding hydrogens is 697 g/mol. The number of rotatable bonds is 6. The summed E-state index contributed by atoms with van der Waals surface area (Å²) in [7, 11) is 0. The van der Waals surface area contributed by atoms with Gasteiger partial charge in [0, 0.05) is 17.3 Å². The summed E-state index contributed by atoms with van der Waals surface area (Å²) in [5.74, 6) is 2.74. The third kappa shape index (κ3) is 5.37. The SMILES string of the molecule is c1ccc(-c2cc(-c3cccc(-c4cccc5c4Oc4cc6c(cc4O5)-c4ccccc4C6(c4ccccc4)c4ccccc4)c3)nc(-c3ccccn3)c2)cc1. The first-order valence-electron chi connectivity index (χ1n) is 19.2. The smallest absolute Gasteiger partial charge is 0.177 e. The average molecular weight is 731 g/mol. The molecule has 11 rings (SSSR count). The number of nitrogens with zero attached hydrogens (tertiary/aromatic N) is 2. The van der Waals surface area contributed by atoms with E-state index in [1.165, 1.54) is 27.8 Å². The molecule has 57 heavy (non-hydrogen) atoms. The molecule has 0 fully saturated rings. The fourth-order valence-electron chi connectivity index (χ4n) is 8.73. The van der Waals surface area contributed by atoms with E-state index in [-0.39, 0.29) is 0 Å². The Morgan fingerprint density at radius 3 is 1.75 bits per heavy atom. The summed E-state index contributed by atoms with van der Waals surface area (Å²) in [5.41, 5.74) is 14.2. The molecule has 0 amide bonds. The molecular formula is C53H34N2O2. The third-order valence-corrected chi connectivity index (χ3v) is 11.3. The zero-order valence-corrected chi connectivity index (χ0v) is 30.8. The number of fused-ring (bicyclic) bond motifs is 5. The highest BCUT2D eigenvalue weighted by atomic mass is 16.6. The van der Waals surface area contributed by atoms with Gasteiger partial charge >= 0.3 is 0 Å².